The van der Waals surface area contributed by atoms with Gasteiger partial charge in [0.1, 0.15) is 5.82 Å². The number of hydrogen-bond donors (Lipinski definition) is 0. The van der Waals surface area contributed by atoms with E-state index in [1.165, 1.54) is 71.6 Å². The van der Waals surface area contributed by atoms with Crippen LogP contribution in [0, 0.1) is 0 Å². The molecule has 2 aromatic heterocycles. The molecule has 0 spiro atoms. The molecule has 3 heteroatoms. The summed E-state index contributed by atoms with van der Waals surface area (Å²) < 4.78 is 2.41. The van der Waals surface area contributed by atoms with Gasteiger partial charge in [0.25, 0.3) is 0 Å². The summed E-state index contributed by atoms with van der Waals surface area (Å²) in [6, 6.07) is 57.3. The minimum absolute atomic E-state index is 0.184. The van der Waals surface area contributed by atoms with Gasteiger partial charge in [-0.1, -0.05) is 105 Å². The molecule has 49 heavy (non-hydrogen) atoms. The number of aromatic nitrogens is 2. The Kier molecular flexibility index (Phi) is 5.92. The standard InChI is InChI=1S/C46H33N3/c1-46(2)39-28-31(35-25-26-42-45-38(35)23-19-30-12-11-17-41(44(30)45)49(42)33-15-7-4-8-16-33)20-22-36(39)37-24-21-34(29-40(37)46)48(32-13-5-3-6-14-32)43-18-9-10-27-47-43/h3-29H,1-2H3. The molecule has 2 heterocycles. The molecular formula is C46H33N3. The molecule has 9 aromatic rings. The van der Waals surface area contributed by atoms with Crippen molar-refractivity contribution in [2.24, 2.45) is 0 Å². The lowest BCUT2D eigenvalue weighted by molar-refractivity contribution is 0.660. The van der Waals surface area contributed by atoms with Crippen molar-refractivity contribution in [1.29, 1.82) is 0 Å². The number of benzene rings is 7. The average molecular weight is 628 g/mol. The number of nitrogens with zero attached hydrogens (tertiary/aromatic N) is 3. The van der Waals surface area contributed by atoms with Crippen molar-refractivity contribution >= 4 is 49.8 Å². The van der Waals surface area contributed by atoms with Crippen LogP contribution in [0.2, 0.25) is 0 Å². The number of anilines is 3. The molecule has 0 radical (unpaired) electrons. The summed E-state index contributed by atoms with van der Waals surface area (Å²) in [6.07, 6.45) is 1.86. The van der Waals surface area contributed by atoms with Crippen LogP contribution in [-0.4, -0.2) is 9.55 Å². The fourth-order valence-electron chi connectivity index (χ4n) is 8.30. The van der Waals surface area contributed by atoms with Crippen molar-refractivity contribution < 1.29 is 0 Å². The van der Waals surface area contributed by atoms with Crippen LogP contribution in [-0.2, 0) is 5.41 Å². The molecule has 0 atom stereocenters. The molecule has 232 valence electrons. The second-order valence-corrected chi connectivity index (χ2v) is 13.6. The van der Waals surface area contributed by atoms with Crippen LogP contribution in [0.25, 0.3) is 60.5 Å². The third kappa shape index (κ3) is 4.06. The zero-order valence-corrected chi connectivity index (χ0v) is 27.4. The molecule has 0 bridgehead atoms. The normalized spacial score (nSPS) is 13.3. The molecule has 0 aliphatic heterocycles. The van der Waals surface area contributed by atoms with Gasteiger partial charge in [0.2, 0.25) is 0 Å². The first-order valence-electron chi connectivity index (χ1n) is 17.0. The van der Waals surface area contributed by atoms with Crippen LogP contribution in [0.1, 0.15) is 25.0 Å². The molecule has 10 rings (SSSR count). The lowest BCUT2D eigenvalue weighted by atomic mass is 9.81. The molecule has 0 N–H and O–H groups in total. The second kappa shape index (κ2) is 10.4. The van der Waals surface area contributed by atoms with Gasteiger partial charge in [-0.3, -0.25) is 4.90 Å². The largest absolute Gasteiger partial charge is 0.309 e. The Bertz CT molecular complexity index is 2630. The van der Waals surface area contributed by atoms with Gasteiger partial charge in [0.15, 0.2) is 0 Å². The summed E-state index contributed by atoms with van der Waals surface area (Å²) in [5, 5.41) is 5.23. The van der Waals surface area contributed by atoms with Gasteiger partial charge in [-0.2, -0.15) is 0 Å². The van der Waals surface area contributed by atoms with Gasteiger partial charge in [-0.25, -0.2) is 4.98 Å². The zero-order valence-electron chi connectivity index (χ0n) is 27.4. The summed E-state index contributed by atoms with van der Waals surface area (Å²) in [5.74, 6) is 0.901. The zero-order chi connectivity index (χ0) is 32.7. The maximum absolute atomic E-state index is 4.74. The SMILES string of the molecule is CC1(C)c2cc(-c3ccc4c5c3ccc3cccc(c35)n4-c3ccccc3)ccc2-c2ccc(N(c3ccccc3)c3ccccn3)cc21. The van der Waals surface area contributed by atoms with Crippen LogP contribution in [0.4, 0.5) is 17.2 Å². The minimum Gasteiger partial charge on any atom is -0.309 e. The van der Waals surface area contributed by atoms with Crippen molar-refractivity contribution in [3.05, 3.63) is 175 Å². The Morgan fingerprint density at radius 1 is 0.531 bits per heavy atom. The van der Waals surface area contributed by atoms with Gasteiger partial charge in [0.05, 0.1) is 11.0 Å². The molecule has 0 saturated carbocycles. The minimum atomic E-state index is -0.184. The lowest BCUT2D eigenvalue weighted by Gasteiger charge is -2.27. The highest BCUT2D eigenvalue weighted by molar-refractivity contribution is 6.26. The summed E-state index contributed by atoms with van der Waals surface area (Å²) >= 11 is 0. The first-order valence-corrected chi connectivity index (χ1v) is 17.0. The molecule has 7 aromatic carbocycles. The monoisotopic (exact) mass is 627 g/mol. The third-order valence-corrected chi connectivity index (χ3v) is 10.6. The van der Waals surface area contributed by atoms with Crippen molar-refractivity contribution in [2.45, 2.75) is 19.3 Å². The molecule has 3 nitrogen and oxygen atoms in total. The number of hydrogen-bond acceptors (Lipinski definition) is 2. The van der Waals surface area contributed by atoms with Crippen LogP contribution in [0.15, 0.2) is 164 Å². The topological polar surface area (TPSA) is 21.1 Å². The van der Waals surface area contributed by atoms with E-state index in [2.05, 4.69) is 169 Å². The Hall–Kier alpha value is -6.19. The number of pyridine rings is 1. The third-order valence-electron chi connectivity index (χ3n) is 10.6. The Balaban J connectivity index is 1.12. The van der Waals surface area contributed by atoms with E-state index in [1.807, 2.05) is 18.3 Å². The Morgan fingerprint density at radius 2 is 1.24 bits per heavy atom. The molecule has 1 aliphatic rings. The molecule has 1 aliphatic carbocycles. The van der Waals surface area contributed by atoms with Crippen molar-refractivity contribution in [1.82, 2.24) is 9.55 Å². The van der Waals surface area contributed by atoms with E-state index in [-0.39, 0.29) is 5.41 Å². The highest BCUT2D eigenvalue weighted by Crippen LogP contribution is 2.52. The van der Waals surface area contributed by atoms with E-state index in [9.17, 15) is 0 Å². The number of para-hydroxylation sites is 2. The fourth-order valence-corrected chi connectivity index (χ4v) is 8.30. The molecular weight excluding hydrogens is 595 g/mol. The lowest BCUT2D eigenvalue weighted by Crippen LogP contribution is -2.17. The summed E-state index contributed by atoms with van der Waals surface area (Å²) in [6.45, 7) is 4.73. The predicted molar refractivity (Wildman–Crippen MR) is 205 cm³/mol. The van der Waals surface area contributed by atoms with Gasteiger partial charge in [-0.15, -0.1) is 0 Å². The Morgan fingerprint density at radius 3 is 2.04 bits per heavy atom. The summed E-state index contributed by atoms with van der Waals surface area (Å²) in [7, 11) is 0. The maximum atomic E-state index is 4.74. The van der Waals surface area contributed by atoms with Crippen LogP contribution >= 0.6 is 0 Å². The van der Waals surface area contributed by atoms with Crippen molar-refractivity contribution in [3.8, 4) is 27.9 Å². The highest BCUT2D eigenvalue weighted by atomic mass is 15.2. The molecule has 0 unspecified atom stereocenters. The van der Waals surface area contributed by atoms with Crippen LogP contribution in [0.5, 0.6) is 0 Å². The van der Waals surface area contributed by atoms with E-state index in [1.54, 1.807) is 0 Å². The molecule has 0 fully saturated rings. The van der Waals surface area contributed by atoms with E-state index in [4.69, 9.17) is 4.98 Å². The van der Waals surface area contributed by atoms with E-state index < -0.39 is 0 Å². The van der Waals surface area contributed by atoms with Gasteiger partial charge in [-0.05, 0) is 111 Å². The predicted octanol–water partition coefficient (Wildman–Crippen LogP) is 12.2. The van der Waals surface area contributed by atoms with E-state index in [0.29, 0.717) is 0 Å². The van der Waals surface area contributed by atoms with Crippen LogP contribution in [0.3, 0.4) is 0 Å². The molecule has 0 saturated heterocycles. The average Bonchev–Trinajstić information content (AvgIpc) is 3.61. The number of rotatable bonds is 5. The summed E-state index contributed by atoms with van der Waals surface area (Å²) in [4.78, 5) is 6.99. The van der Waals surface area contributed by atoms with Gasteiger partial charge >= 0.3 is 0 Å². The van der Waals surface area contributed by atoms with Crippen LogP contribution < -0.4 is 4.90 Å². The number of fused-ring (bicyclic) bond motifs is 3. The van der Waals surface area contributed by atoms with Gasteiger partial charge in [0, 0.05) is 39.4 Å². The van der Waals surface area contributed by atoms with E-state index >= 15 is 0 Å². The molecule has 0 amide bonds. The quantitative estimate of drug-likeness (QED) is 0.177. The van der Waals surface area contributed by atoms with Gasteiger partial charge < -0.3 is 4.57 Å². The first kappa shape index (κ1) is 27.9. The Labute approximate surface area is 285 Å². The fraction of sp³-hybridized carbons (Fsp3) is 0.0652. The second-order valence-electron chi connectivity index (χ2n) is 13.6. The maximum Gasteiger partial charge on any atom is 0.137 e. The van der Waals surface area contributed by atoms with E-state index in [0.717, 1.165) is 17.2 Å². The first-order chi connectivity index (χ1) is 24.1. The highest BCUT2D eigenvalue weighted by Gasteiger charge is 2.36. The summed E-state index contributed by atoms with van der Waals surface area (Å²) in [5.41, 5.74) is 13.5. The smallest absolute Gasteiger partial charge is 0.137 e. The van der Waals surface area contributed by atoms with Crippen molar-refractivity contribution in [3.63, 3.8) is 0 Å². The van der Waals surface area contributed by atoms with Crippen molar-refractivity contribution in [2.75, 3.05) is 4.90 Å².